The van der Waals surface area contributed by atoms with Gasteiger partial charge in [-0.2, -0.15) is 0 Å². The molecule has 24 heteroatoms. The number of ketones is 1. The van der Waals surface area contributed by atoms with Gasteiger partial charge in [-0.3, -0.25) is 71.1 Å². The lowest BCUT2D eigenvalue weighted by Crippen LogP contribution is -2.35. The van der Waals surface area contributed by atoms with Crippen LogP contribution in [0.3, 0.4) is 0 Å². The van der Waals surface area contributed by atoms with Crippen molar-refractivity contribution in [3.05, 3.63) is 328 Å². The number of hydrogen-bond acceptors (Lipinski definition) is 13. The van der Waals surface area contributed by atoms with Crippen molar-refractivity contribution in [2.75, 3.05) is 43.9 Å². The number of anilines is 2. The van der Waals surface area contributed by atoms with Crippen LogP contribution in [0.2, 0.25) is 0 Å². The number of benzene rings is 7. The van der Waals surface area contributed by atoms with E-state index in [2.05, 4.69) is 50.6 Å². The fraction of sp³-hybridized carbons (Fsp3) is 0.153. The first-order chi connectivity index (χ1) is 53.0. The quantitative estimate of drug-likeness (QED) is 0.0502. The fourth-order valence-corrected chi connectivity index (χ4v) is 13.6. The number of aromatic nitrogens is 9. The minimum atomic E-state index is -0.348. The van der Waals surface area contributed by atoms with Crippen molar-refractivity contribution in [2.24, 2.45) is 0 Å². The molecule has 2 fully saturated rings. The van der Waals surface area contributed by atoms with Crippen LogP contribution in [0.1, 0.15) is 79.5 Å². The van der Waals surface area contributed by atoms with Crippen LogP contribution in [-0.4, -0.2) is 121 Å². The Balaban J connectivity index is 0.000000144. The molecule has 15 rings (SSSR count). The van der Waals surface area contributed by atoms with Gasteiger partial charge < -0.3 is 30.5 Å². The summed E-state index contributed by atoms with van der Waals surface area (Å²) in [5.41, 5.74) is 12.0. The van der Waals surface area contributed by atoms with E-state index >= 15 is 0 Å². The number of carbonyl (C=O) groups excluding carboxylic acids is 6. The molecule has 24 nitrogen and oxygen atoms in total. The molecule has 2 aliphatic rings. The van der Waals surface area contributed by atoms with E-state index in [1.165, 1.54) is 29.2 Å². The van der Waals surface area contributed by atoms with Crippen molar-refractivity contribution >= 4 is 79.8 Å². The maximum Gasteiger partial charge on any atom is 0.338 e. The maximum atomic E-state index is 13.7. The molecule has 8 heterocycles. The van der Waals surface area contributed by atoms with Crippen molar-refractivity contribution in [3.63, 3.8) is 0 Å². The van der Waals surface area contributed by atoms with E-state index in [1.54, 1.807) is 193 Å². The summed E-state index contributed by atoms with van der Waals surface area (Å²) in [5.74, 6) is -0.280. The summed E-state index contributed by atoms with van der Waals surface area (Å²) in [7, 11) is 1.60. The zero-order valence-electron chi connectivity index (χ0n) is 59.9. The number of imidazole rings is 3. The van der Waals surface area contributed by atoms with Crippen molar-refractivity contribution < 1.29 is 33.5 Å². The zero-order valence-corrected chi connectivity index (χ0v) is 59.9. The second kappa shape index (κ2) is 32.9. The van der Waals surface area contributed by atoms with E-state index in [0.717, 1.165) is 53.9 Å². The number of amides is 5. The highest BCUT2D eigenvalue weighted by molar-refractivity contribution is 6.01. The van der Waals surface area contributed by atoms with E-state index in [-0.39, 0.29) is 58.4 Å². The number of pyridine rings is 3. The fourth-order valence-electron chi connectivity index (χ4n) is 13.6. The lowest BCUT2D eigenvalue weighted by Gasteiger charge is -2.26. The van der Waals surface area contributed by atoms with Gasteiger partial charge in [0.2, 0.25) is 17.7 Å². The number of nitrogens with one attached hydrogen (secondary N) is 3. The highest BCUT2D eigenvalue weighted by atomic mass is 16.5. The van der Waals surface area contributed by atoms with Crippen LogP contribution in [0.15, 0.2) is 278 Å². The van der Waals surface area contributed by atoms with Crippen molar-refractivity contribution in [1.82, 2.24) is 57.5 Å². The van der Waals surface area contributed by atoms with Crippen LogP contribution >= 0.6 is 0 Å². The molecular formula is C85H76N14O10. The smallest absolute Gasteiger partial charge is 0.338 e. The number of piperidine rings is 1. The second-order valence-electron chi connectivity index (χ2n) is 26.0. The molecule has 6 aromatic heterocycles. The molecule has 3 N–H and O–H groups in total. The van der Waals surface area contributed by atoms with Crippen LogP contribution < -0.4 is 37.8 Å². The Morgan fingerprint density at radius 2 is 0.963 bits per heavy atom. The number of methoxy groups -OCH3 is 1. The molecule has 13 aromatic rings. The molecule has 109 heavy (non-hydrogen) atoms. The van der Waals surface area contributed by atoms with Gasteiger partial charge in [-0.1, -0.05) is 73.8 Å². The third-order valence-electron chi connectivity index (χ3n) is 19.0. The van der Waals surface area contributed by atoms with Crippen molar-refractivity contribution in [1.29, 1.82) is 0 Å². The van der Waals surface area contributed by atoms with Crippen LogP contribution in [0.4, 0.5) is 11.4 Å². The van der Waals surface area contributed by atoms with E-state index in [9.17, 15) is 43.2 Å². The third-order valence-corrected chi connectivity index (χ3v) is 19.0. The van der Waals surface area contributed by atoms with Crippen LogP contribution in [0, 0.1) is 6.92 Å². The van der Waals surface area contributed by atoms with Gasteiger partial charge in [0.05, 0.1) is 93.3 Å². The summed E-state index contributed by atoms with van der Waals surface area (Å²) in [6.45, 7) is 15.5. The van der Waals surface area contributed by atoms with Crippen LogP contribution in [-0.2, 0) is 27.3 Å². The monoisotopic (exact) mass is 1450 g/mol. The van der Waals surface area contributed by atoms with Crippen LogP contribution in [0.25, 0.3) is 61.5 Å². The molecule has 0 unspecified atom stereocenters. The molecular weight excluding hydrogens is 1380 g/mol. The number of aryl methyl sites for hydroxylation is 1. The molecule has 2 saturated heterocycles. The van der Waals surface area contributed by atoms with Gasteiger partial charge in [0.15, 0.2) is 5.78 Å². The van der Waals surface area contributed by atoms with Crippen LogP contribution in [0.5, 0.6) is 5.75 Å². The minimum Gasteiger partial charge on any atom is -0.497 e. The number of ether oxygens (including phenoxy) is 1. The predicted octanol–water partition coefficient (Wildman–Crippen LogP) is 12.0. The molecule has 0 saturated carbocycles. The van der Waals surface area contributed by atoms with E-state index in [1.807, 2.05) is 78.6 Å². The van der Waals surface area contributed by atoms with Gasteiger partial charge in [-0.25, -0.2) is 14.4 Å². The minimum absolute atomic E-state index is 0.00646. The Morgan fingerprint density at radius 1 is 0.477 bits per heavy atom. The molecule has 5 amide bonds. The van der Waals surface area contributed by atoms with Gasteiger partial charge in [0.25, 0.3) is 11.8 Å². The van der Waals surface area contributed by atoms with Gasteiger partial charge in [0.1, 0.15) is 5.75 Å². The molecule has 1 atom stereocenters. The number of carbonyl (C=O) groups is 6. The van der Waals surface area contributed by atoms with Gasteiger partial charge in [-0.05, 0) is 201 Å². The topological polar surface area (TPSA) is 274 Å². The van der Waals surface area contributed by atoms with Gasteiger partial charge in [0, 0.05) is 85.8 Å². The zero-order chi connectivity index (χ0) is 76.2. The average molecular weight is 1450 g/mol. The maximum absolute atomic E-state index is 13.7. The number of likely N-dealkylation sites (tertiary alicyclic amines) is 2. The van der Waals surface area contributed by atoms with E-state index in [0.29, 0.717) is 117 Å². The Labute approximate surface area is 625 Å². The number of rotatable bonds is 19. The number of fused-ring (bicyclic) bond motifs is 3. The first kappa shape index (κ1) is 73.2. The van der Waals surface area contributed by atoms with E-state index in [4.69, 9.17) is 4.74 Å². The predicted molar refractivity (Wildman–Crippen MR) is 420 cm³/mol. The van der Waals surface area contributed by atoms with Crippen molar-refractivity contribution in [2.45, 2.75) is 51.6 Å². The summed E-state index contributed by atoms with van der Waals surface area (Å²) in [5, 5.41) is 8.34. The first-order valence-electron chi connectivity index (χ1n) is 35.3. The highest BCUT2D eigenvalue weighted by Crippen LogP contribution is 2.29. The number of nitrogens with zero attached hydrogens (tertiary/aromatic N) is 11. The third kappa shape index (κ3) is 15.9. The molecule has 0 bridgehead atoms. The Morgan fingerprint density at radius 3 is 1.50 bits per heavy atom. The summed E-state index contributed by atoms with van der Waals surface area (Å²) >= 11 is 0. The standard InChI is InChI=1S/C30H25N5O4.C30H24N4O3.C25H27N5O3/c1-3-28(36)33-22-7-5-8-24(17-22)35-26-14-15-31-19-27(26)34(30(35)38)23-12-10-21(11-13-23)29(37)32-18-20-6-4-9-25(16-20)39-2;1-3-29(36)32-23-8-5-9-25(18-23)34-26-14-15-31-19-27(26)33(30(34)37)24-12-10-22(11-13-24)28(35)17-21-7-4-6-20(2)16-21;1-2-23(31)28-15-11-20(17-28)30-21-10-12-26-16-22(21)29(25(30)33)19-8-6-18(7-9-19)24(32)27-13-4-3-5-14-27/h3-17,19H,1,18H2,2H3,(H,32,37)(H,33,36);3-16,18-19H,1,17H2,2H3,(H,32,36);2,6-10,12,16,20H,1,3-5,11,13-15,17H2/t;;20-/m..1/s1. The lowest BCUT2D eigenvalue weighted by molar-refractivity contribution is -0.125. The van der Waals surface area contributed by atoms with Gasteiger partial charge in [-0.15, -0.1) is 0 Å². The highest BCUT2D eigenvalue weighted by Gasteiger charge is 2.31. The number of Topliss-reactive ketones (excluding diaryl/α,β-unsaturated/α-hetero) is 1. The Hall–Kier alpha value is -14.2. The molecule has 0 radical (unpaired) electrons. The van der Waals surface area contributed by atoms with E-state index < -0.39 is 0 Å². The Kier molecular flexibility index (Phi) is 22.1. The molecule has 546 valence electrons. The Bertz CT molecular complexity index is 5860. The molecule has 7 aromatic carbocycles. The summed E-state index contributed by atoms with van der Waals surface area (Å²) in [6.07, 6.45) is 17.8. The summed E-state index contributed by atoms with van der Waals surface area (Å²) < 4.78 is 14.8. The second-order valence-corrected chi connectivity index (χ2v) is 26.0. The molecule has 2 aliphatic heterocycles. The largest absolute Gasteiger partial charge is 0.497 e. The van der Waals surface area contributed by atoms with Crippen molar-refractivity contribution in [3.8, 4) is 34.2 Å². The lowest BCUT2D eigenvalue weighted by atomic mass is 10.0. The summed E-state index contributed by atoms with van der Waals surface area (Å²) in [6, 6.07) is 55.6. The average Bonchev–Trinajstić information content (AvgIpc) is 1.61. The summed E-state index contributed by atoms with van der Waals surface area (Å²) in [4.78, 5) is 131. The first-order valence-corrected chi connectivity index (χ1v) is 35.3. The number of hydrogen-bond donors (Lipinski definition) is 3. The van der Waals surface area contributed by atoms with Gasteiger partial charge >= 0.3 is 17.1 Å². The molecule has 0 aliphatic carbocycles. The molecule has 0 spiro atoms. The normalized spacial score (nSPS) is 13.1. The SMILES string of the molecule is C=CC(=O)N1CC[C@@H](n2c(=O)n(-c3ccc(C(=O)N4CCCCC4)cc3)c3cnccc32)C1.C=CC(=O)Nc1cccc(-n2c(=O)n(-c3ccc(C(=O)Cc4cccc(C)c4)cc3)c3cnccc32)c1.C=CC(=O)Nc1cccc(-n2c(=O)n(-c3ccc(C(=O)NCc4cccc(OC)c4)cc3)c3cnccc32)c1.